The second kappa shape index (κ2) is 19.1. The van der Waals surface area contributed by atoms with E-state index in [0.29, 0.717) is 9.79 Å². The van der Waals surface area contributed by atoms with E-state index in [1.165, 1.54) is 73.5 Å². The molecule has 38 heavy (non-hydrogen) atoms. The number of carboxylic acid groups (broad SMARTS) is 2. The second-order valence-corrected chi connectivity index (χ2v) is 11.2. The summed E-state index contributed by atoms with van der Waals surface area (Å²) >= 11 is 0. The molecule has 0 radical (unpaired) electrons. The number of nitrogens with zero attached hydrogens (tertiary/aromatic N) is 2. The van der Waals surface area contributed by atoms with Crippen LogP contribution in [0.1, 0.15) is 76.1 Å². The number of rotatable bonds is 13. The van der Waals surface area contributed by atoms with E-state index in [0.717, 1.165) is 21.6 Å². The largest absolute Gasteiger partial charge is 0.545 e. The highest BCUT2D eigenvalue weighted by molar-refractivity contribution is 8.76. The van der Waals surface area contributed by atoms with Gasteiger partial charge in [0.2, 0.25) is 0 Å². The number of aromatic carboxylic acids is 2. The molecule has 2 aromatic carbocycles. The molecule has 0 N–H and O–H groups in total. The molecule has 0 saturated carbocycles. The SMILES string of the molecule is CC[N+](CC)(CC)CC.CC[N+](CC)(CC)CC.O=C([O-])c1ccccc1SSc1ccccc1C(=O)[O-]. The molecule has 0 atom stereocenters. The molecule has 2 rings (SSSR count). The number of benzene rings is 2. The van der Waals surface area contributed by atoms with Crippen LogP contribution in [0.4, 0.5) is 0 Å². The Hall–Kier alpha value is -2.00. The lowest BCUT2D eigenvalue weighted by Crippen LogP contribution is -2.47. The third-order valence-electron chi connectivity index (χ3n) is 7.80. The van der Waals surface area contributed by atoms with E-state index >= 15 is 0 Å². The molecule has 0 heterocycles. The van der Waals surface area contributed by atoms with E-state index in [1.54, 1.807) is 36.4 Å². The van der Waals surface area contributed by atoms with Crippen LogP contribution in [0, 0.1) is 0 Å². The molecule has 6 nitrogen and oxygen atoms in total. The first-order chi connectivity index (χ1) is 18.1. The van der Waals surface area contributed by atoms with Gasteiger partial charge in [0.05, 0.1) is 64.3 Å². The van der Waals surface area contributed by atoms with Crippen LogP contribution in [0.2, 0.25) is 0 Å². The number of hydrogen-bond acceptors (Lipinski definition) is 6. The van der Waals surface area contributed by atoms with Gasteiger partial charge in [0.1, 0.15) is 0 Å². The number of carbonyl (C=O) groups excluding carboxylic acids is 2. The lowest BCUT2D eigenvalue weighted by atomic mass is 10.2. The second-order valence-electron chi connectivity index (χ2n) is 8.95. The molecule has 214 valence electrons. The van der Waals surface area contributed by atoms with Gasteiger partial charge in [-0.1, -0.05) is 58.0 Å². The summed E-state index contributed by atoms with van der Waals surface area (Å²) in [4.78, 5) is 23.0. The zero-order valence-electron chi connectivity index (χ0n) is 24.6. The lowest BCUT2D eigenvalue weighted by Gasteiger charge is -2.34. The van der Waals surface area contributed by atoms with Crippen molar-refractivity contribution in [2.75, 3.05) is 52.4 Å². The van der Waals surface area contributed by atoms with Crippen LogP contribution >= 0.6 is 21.6 Å². The standard InChI is InChI=1S/C14H10O4S2.2C8H20N/c15-13(16)9-5-1-3-7-11(9)19-20-12-8-4-2-6-10(12)14(17)18;2*1-5-9(6-2,7-3)8-4/h1-8H,(H,15,16)(H,17,18);2*5-8H2,1-4H3/q;2*+1/p-2. The highest BCUT2D eigenvalue weighted by Crippen LogP contribution is 2.40. The van der Waals surface area contributed by atoms with Gasteiger partial charge in [-0.25, -0.2) is 0 Å². The van der Waals surface area contributed by atoms with Crippen molar-refractivity contribution < 1.29 is 28.8 Å². The molecule has 0 aliphatic heterocycles. The Bertz CT molecular complexity index is 848. The number of hydrogen-bond donors (Lipinski definition) is 0. The summed E-state index contributed by atoms with van der Waals surface area (Å²) in [6, 6.07) is 12.8. The van der Waals surface area contributed by atoms with Crippen molar-refractivity contribution in [3.8, 4) is 0 Å². The minimum Gasteiger partial charge on any atom is -0.545 e. The highest BCUT2D eigenvalue weighted by Gasteiger charge is 2.17. The first-order valence-electron chi connectivity index (χ1n) is 13.7. The maximum atomic E-state index is 11.0. The van der Waals surface area contributed by atoms with E-state index in [-0.39, 0.29) is 11.1 Å². The smallest absolute Gasteiger partial charge is 0.0757 e. The predicted octanol–water partition coefficient (Wildman–Crippen LogP) is 4.98. The average molecular weight is 565 g/mol. The predicted molar refractivity (Wildman–Crippen MR) is 158 cm³/mol. The van der Waals surface area contributed by atoms with Gasteiger partial charge < -0.3 is 28.8 Å². The third-order valence-corrected chi connectivity index (χ3v) is 10.3. The van der Waals surface area contributed by atoms with Crippen molar-refractivity contribution in [3.63, 3.8) is 0 Å². The molecular formula is C30H48N2O4S2. The van der Waals surface area contributed by atoms with E-state index in [1.807, 2.05) is 0 Å². The molecule has 0 spiro atoms. The van der Waals surface area contributed by atoms with Gasteiger partial charge in [-0.15, -0.1) is 0 Å². The summed E-state index contributed by atoms with van der Waals surface area (Å²) in [5.41, 5.74) is 0.159. The van der Waals surface area contributed by atoms with Crippen molar-refractivity contribution in [1.82, 2.24) is 0 Å². The normalized spacial score (nSPS) is 11.1. The molecule has 8 heteroatoms. The van der Waals surface area contributed by atoms with Crippen LogP contribution < -0.4 is 10.2 Å². The summed E-state index contributed by atoms with van der Waals surface area (Å²) in [5, 5.41) is 21.9. The lowest BCUT2D eigenvalue weighted by molar-refractivity contribution is -0.921. The minimum atomic E-state index is -1.26. The molecule has 0 fully saturated rings. The van der Waals surface area contributed by atoms with E-state index in [2.05, 4.69) is 55.4 Å². The Morgan fingerprint density at radius 1 is 0.526 bits per heavy atom. The Kier molecular flexibility index (Phi) is 18.1. The average Bonchev–Trinajstić information content (AvgIpc) is 2.96. The monoisotopic (exact) mass is 564 g/mol. The highest BCUT2D eigenvalue weighted by atomic mass is 33.1. The summed E-state index contributed by atoms with van der Waals surface area (Å²) in [6.07, 6.45) is 0. The third kappa shape index (κ3) is 11.4. The maximum Gasteiger partial charge on any atom is 0.0757 e. The molecule has 2 aromatic rings. The van der Waals surface area contributed by atoms with Crippen molar-refractivity contribution in [2.24, 2.45) is 0 Å². The molecule has 0 aliphatic rings. The van der Waals surface area contributed by atoms with Gasteiger partial charge in [0.25, 0.3) is 0 Å². The molecule has 0 bridgehead atoms. The quantitative estimate of drug-likeness (QED) is 0.252. The molecule has 0 amide bonds. The molecule has 0 aromatic heterocycles. The van der Waals surface area contributed by atoms with Gasteiger partial charge in [0.15, 0.2) is 0 Å². The van der Waals surface area contributed by atoms with Crippen LogP contribution in [0.5, 0.6) is 0 Å². The summed E-state index contributed by atoms with van der Waals surface area (Å²) in [5.74, 6) is -2.52. The minimum absolute atomic E-state index is 0.0796. The first kappa shape index (κ1) is 36.0. The number of quaternary nitrogens is 2. The van der Waals surface area contributed by atoms with Crippen LogP contribution in [-0.2, 0) is 0 Å². The van der Waals surface area contributed by atoms with Gasteiger partial charge in [0, 0.05) is 20.9 Å². The first-order valence-corrected chi connectivity index (χ1v) is 15.9. The fourth-order valence-electron chi connectivity index (χ4n) is 4.19. The Labute approximate surface area is 239 Å². The Morgan fingerprint density at radius 2 is 0.763 bits per heavy atom. The number of carboxylic acids is 2. The topological polar surface area (TPSA) is 80.3 Å². The van der Waals surface area contributed by atoms with Gasteiger partial charge in [-0.2, -0.15) is 0 Å². The molecule has 0 unspecified atom stereocenters. The maximum absolute atomic E-state index is 11.0. The van der Waals surface area contributed by atoms with E-state index in [9.17, 15) is 19.8 Å². The molecule has 0 saturated heterocycles. The fourth-order valence-corrected chi connectivity index (χ4v) is 6.53. The van der Waals surface area contributed by atoms with Crippen molar-refractivity contribution in [3.05, 3.63) is 59.7 Å². The van der Waals surface area contributed by atoms with Crippen LogP contribution in [0.3, 0.4) is 0 Å². The van der Waals surface area contributed by atoms with Crippen molar-refractivity contribution in [2.45, 2.75) is 65.2 Å². The summed E-state index contributed by atoms with van der Waals surface area (Å²) in [6.45, 7) is 28.4. The van der Waals surface area contributed by atoms with E-state index < -0.39 is 11.9 Å². The van der Waals surface area contributed by atoms with Crippen LogP contribution in [0.25, 0.3) is 0 Å². The zero-order valence-corrected chi connectivity index (χ0v) is 26.3. The zero-order chi connectivity index (χ0) is 29.2. The summed E-state index contributed by atoms with van der Waals surface area (Å²) in [7, 11) is 2.33. The molecule has 0 aliphatic carbocycles. The van der Waals surface area contributed by atoms with Crippen LogP contribution in [0.15, 0.2) is 58.3 Å². The van der Waals surface area contributed by atoms with Crippen molar-refractivity contribution >= 4 is 33.5 Å². The molecular weight excluding hydrogens is 516 g/mol. The Balaban J connectivity index is 0.000000636. The van der Waals surface area contributed by atoms with Crippen LogP contribution in [-0.4, -0.2) is 73.3 Å². The summed E-state index contributed by atoms with van der Waals surface area (Å²) < 4.78 is 2.56. The van der Waals surface area contributed by atoms with Gasteiger partial charge >= 0.3 is 0 Å². The van der Waals surface area contributed by atoms with E-state index in [4.69, 9.17) is 0 Å². The van der Waals surface area contributed by atoms with Gasteiger partial charge in [-0.3, -0.25) is 0 Å². The fraction of sp³-hybridized carbons (Fsp3) is 0.533. The van der Waals surface area contributed by atoms with Crippen molar-refractivity contribution in [1.29, 1.82) is 0 Å². The number of carbonyl (C=O) groups is 2. The Morgan fingerprint density at radius 3 is 0.947 bits per heavy atom. The van der Waals surface area contributed by atoms with Gasteiger partial charge in [-0.05, 0) is 67.5 Å².